The first kappa shape index (κ1) is 10.5. The van der Waals surface area contributed by atoms with Crippen LogP contribution in [0.2, 0.25) is 0 Å². The average molecular weight is 214 g/mol. The zero-order chi connectivity index (χ0) is 11.4. The van der Waals surface area contributed by atoms with Crippen LogP contribution < -0.4 is 4.90 Å². The number of carbonyl (C=O) groups is 1. The molecule has 3 nitrogen and oxygen atoms in total. The number of rotatable bonds is 3. The highest BCUT2D eigenvalue weighted by Gasteiger charge is 2.16. The lowest BCUT2D eigenvalue weighted by molar-refractivity contribution is -0.117. The van der Waals surface area contributed by atoms with E-state index in [1.165, 1.54) is 0 Å². The summed E-state index contributed by atoms with van der Waals surface area (Å²) in [6, 6.07) is 13.4. The Morgan fingerprint density at radius 3 is 2.50 bits per heavy atom. The number of nitrogens with one attached hydrogen (secondary N) is 1. The number of hydrogen-bond acceptors (Lipinski definition) is 1. The van der Waals surface area contributed by atoms with Crippen molar-refractivity contribution < 1.29 is 4.79 Å². The van der Waals surface area contributed by atoms with Gasteiger partial charge in [0.1, 0.15) is 5.82 Å². The van der Waals surface area contributed by atoms with Gasteiger partial charge in [0.15, 0.2) is 0 Å². The van der Waals surface area contributed by atoms with Crippen LogP contribution in [-0.4, -0.2) is 10.9 Å². The van der Waals surface area contributed by atoms with Crippen LogP contribution in [0.25, 0.3) is 0 Å². The third-order valence-electron chi connectivity index (χ3n) is 2.39. The lowest BCUT2D eigenvalue weighted by Gasteiger charge is -2.20. The highest BCUT2D eigenvalue weighted by atomic mass is 16.2. The monoisotopic (exact) mass is 214 g/mol. The van der Waals surface area contributed by atoms with E-state index in [9.17, 15) is 4.79 Å². The molecule has 0 aliphatic heterocycles. The second-order valence-electron chi connectivity index (χ2n) is 3.47. The van der Waals surface area contributed by atoms with Gasteiger partial charge in [0.05, 0.1) is 5.69 Å². The van der Waals surface area contributed by atoms with E-state index in [0.29, 0.717) is 6.42 Å². The summed E-state index contributed by atoms with van der Waals surface area (Å²) in [6.07, 6.45) is 2.29. The van der Waals surface area contributed by atoms with E-state index in [1.54, 1.807) is 4.90 Å². The van der Waals surface area contributed by atoms with Crippen molar-refractivity contribution in [3.05, 3.63) is 48.7 Å². The van der Waals surface area contributed by atoms with E-state index in [0.717, 1.165) is 11.5 Å². The predicted octanol–water partition coefficient (Wildman–Crippen LogP) is 3.09. The Bertz CT molecular complexity index is 448. The molecule has 0 bridgehead atoms. The summed E-state index contributed by atoms with van der Waals surface area (Å²) in [7, 11) is 0. The number of H-pyrrole nitrogens is 1. The molecule has 1 N–H and O–H groups in total. The third-order valence-corrected chi connectivity index (χ3v) is 2.39. The van der Waals surface area contributed by atoms with Crippen molar-refractivity contribution in [3.8, 4) is 0 Å². The summed E-state index contributed by atoms with van der Waals surface area (Å²) in [5.41, 5.74) is 0.886. The lowest BCUT2D eigenvalue weighted by atomic mass is 10.2. The normalized spacial score (nSPS) is 10.1. The van der Waals surface area contributed by atoms with Crippen LogP contribution in [0.15, 0.2) is 48.7 Å². The zero-order valence-corrected chi connectivity index (χ0v) is 9.18. The van der Waals surface area contributed by atoms with Crippen LogP contribution >= 0.6 is 0 Å². The molecule has 3 heteroatoms. The molecule has 0 atom stereocenters. The predicted molar refractivity (Wildman–Crippen MR) is 64.7 cm³/mol. The fourth-order valence-electron chi connectivity index (χ4n) is 1.61. The van der Waals surface area contributed by atoms with Gasteiger partial charge in [-0.3, -0.25) is 9.69 Å². The van der Waals surface area contributed by atoms with Crippen molar-refractivity contribution in [1.29, 1.82) is 0 Å². The molecule has 0 fully saturated rings. The highest BCUT2D eigenvalue weighted by molar-refractivity contribution is 5.99. The van der Waals surface area contributed by atoms with Crippen LogP contribution in [0, 0.1) is 0 Å². The van der Waals surface area contributed by atoms with Gasteiger partial charge in [-0.25, -0.2) is 0 Å². The van der Waals surface area contributed by atoms with Crippen molar-refractivity contribution in [2.75, 3.05) is 4.90 Å². The molecular weight excluding hydrogens is 200 g/mol. The number of aromatic amines is 1. The van der Waals surface area contributed by atoms with Crippen LogP contribution in [0.1, 0.15) is 13.3 Å². The molecule has 2 rings (SSSR count). The number of anilines is 2. The van der Waals surface area contributed by atoms with E-state index in [4.69, 9.17) is 0 Å². The Balaban J connectivity index is 2.40. The van der Waals surface area contributed by atoms with Gasteiger partial charge in [0, 0.05) is 12.6 Å². The molecule has 16 heavy (non-hydrogen) atoms. The molecule has 0 saturated heterocycles. The van der Waals surface area contributed by atoms with Crippen molar-refractivity contribution in [2.45, 2.75) is 13.3 Å². The summed E-state index contributed by atoms with van der Waals surface area (Å²) in [6.45, 7) is 1.86. The molecular formula is C13H14N2O. The Kier molecular flexibility index (Phi) is 3.05. The van der Waals surface area contributed by atoms with Gasteiger partial charge >= 0.3 is 0 Å². The minimum Gasteiger partial charge on any atom is -0.348 e. The second kappa shape index (κ2) is 4.66. The summed E-state index contributed by atoms with van der Waals surface area (Å²) < 4.78 is 0. The maximum Gasteiger partial charge on any atom is 0.232 e. The van der Waals surface area contributed by atoms with Crippen LogP contribution in [0.5, 0.6) is 0 Å². The number of para-hydroxylation sites is 1. The maximum atomic E-state index is 11.9. The number of aromatic nitrogens is 1. The molecule has 82 valence electrons. The topological polar surface area (TPSA) is 36.1 Å². The quantitative estimate of drug-likeness (QED) is 0.837. The molecule has 2 aromatic rings. The summed E-state index contributed by atoms with van der Waals surface area (Å²) in [5, 5.41) is 0. The molecule has 1 aromatic heterocycles. The smallest absolute Gasteiger partial charge is 0.232 e. The van der Waals surface area contributed by atoms with Crippen molar-refractivity contribution in [2.24, 2.45) is 0 Å². The third kappa shape index (κ3) is 1.98. The molecule has 0 aliphatic rings. The van der Waals surface area contributed by atoms with Gasteiger partial charge in [-0.1, -0.05) is 25.1 Å². The molecule has 1 aromatic carbocycles. The molecule has 0 spiro atoms. The minimum atomic E-state index is 0.0775. The van der Waals surface area contributed by atoms with Gasteiger partial charge in [0.25, 0.3) is 0 Å². The first-order valence-corrected chi connectivity index (χ1v) is 5.34. The SMILES string of the molecule is CCC(=O)N(c1ccccc1)c1ccc[nH]1. The van der Waals surface area contributed by atoms with E-state index < -0.39 is 0 Å². The molecule has 0 unspecified atom stereocenters. The number of amides is 1. The Hall–Kier alpha value is -2.03. The fourth-order valence-corrected chi connectivity index (χ4v) is 1.61. The van der Waals surface area contributed by atoms with Crippen molar-refractivity contribution in [3.63, 3.8) is 0 Å². The van der Waals surface area contributed by atoms with Gasteiger partial charge in [0.2, 0.25) is 5.91 Å². The molecule has 0 saturated carbocycles. The van der Waals surface area contributed by atoms with Gasteiger partial charge in [-0.2, -0.15) is 0 Å². The van der Waals surface area contributed by atoms with Crippen LogP contribution in [0.3, 0.4) is 0 Å². The zero-order valence-electron chi connectivity index (χ0n) is 9.18. The van der Waals surface area contributed by atoms with E-state index in [1.807, 2.05) is 55.6 Å². The maximum absolute atomic E-state index is 11.9. The average Bonchev–Trinajstić information content (AvgIpc) is 2.84. The number of nitrogens with zero attached hydrogens (tertiary/aromatic N) is 1. The first-order valence-electron chi connectivity index (χ1n) is 5.34. The standard InChI is InChI=1S/C13H14N2O/c1-2-13(16)15(12-9-6-10-14-12)11-7-4-3-5-8-11/h3-10,14H,2H2,1H3. The van der Waals surface area contributed by atoms with Gasteiger partial charge in [-0.15, -0.1) is 0 Å². The van der Waals surface area contributed by atoms with E-state index >= 15 is 0 Å². The summed E-state index contributed by atoms with van der Waals surface area (Å²) >= 11 is 0. The largest absolute Gasteiger partial charge is 0.348 e. The first-order chi connectivity index (χ1) is 7.83. The van der Waals surface area contributed by atoms with Crippen LogP contribution in [0.4, 0.5) is 11.5 Å². The summed E-state index contributed by atoms with van der Waals surface area (Å²) in [4.78, 5) is 16.7. The molecule has 0 radical (unpaired) electrons. The molecule has 1 heterocycles. The van der Waals surface area contributed by atoms with Crippen molar-refractivity contribution >= 4 is 17.4 Å². The Labute approximate surface area is 94.7 Å². The number of benzene rings is 1. The Morgan fingerprint density at radius 2 is 1.94 bits per heavy atom. The van der Waals surface area contributed by atoms with Gasteiger partial charge in [-0.05, 0) is 24.3 Å². The Morgan fingerprint density at radius 1 is 1.19 bits per heavy atom. The summed E-state index contributed by atoms with van der Waals surface area (Å²) in [5.74, 6) is 0.881. The number of carbonyl (C=O) groups excluding carboxylic acids is 1. The lowest BCUT2D eigenvalue weighted by Crippen LogP contribution is -2.25. The van der Waals surface area contributed by atoms with Crippen molar-refractivity contribution in [1.82, 2.24) is 4.98 Å². The minimum absolute atomic E-state index is 0.0775. The highest BCUT2D eigenvalue weighted by Crippen LogP contribution is 2.23. The van der Waals surface area contributed by atoms with E-state index in [-0.39, 0.29) is 5.91 Å². The second-order valence-corrected chi connectivity index (χ2v) is 3.47. The molecule has 0 aliphatic carbocycles. The molecule has 1 amide bonds. The fraction of sp³-hybridized carbons (Fsp3) is 0.154. The van der Waals surface area contributed by atoms with Crippen LogP contribution in [-0.2, 0) is 4.79 Å². The van der Waals surface area contributed by atoms with E-state index in [2.05, 4.69) is 4.98 Å². The van der Waals surface area contributed by atoms with Gasteiger partial charge < -0.3 is 4.98 Å². The number of hydrogen-bond donors (Lipinski definition) is 1.